The van der Waals surface area contributed by atoms with Crippen molar-refractivity contribution >= 4 is 6.29 Å². The molecular formula is C12H10MnO. The van der Waals surface area contributed by atoms with Crippen molar-refractivity contribution in [1.82, 2.24) is 0 Å². The van der Waals surface area contributed by atoms with E-state index in [0.717, 1.165) is 0 Å². The molecule has 0 heterocycles. The molecule has 0 fully saturated rings. The molecule has 2 rings (SSSR count). The van der Waals surface area contributed by atoms with E-state index in [0.29, 0.717) is 5.56 Å². The maximum atomic E-state index is 9.88. The minimum Gasteiger partial charge on any atom is -0.376 e. The maximum Gasteiger partial charge on any atom is 2.00 e. The van der Waals surface area contributed by atoms with Crippen LogP contribution in [0.1, 0.15) is 5.56 Å². The molecule has 0 saturated heterocycles. The Labute approximate surface area is 94.6 Å². The minimum atomic E-state index is 0. The van der Waals surface area contributed by atoms with E-state index in [1.807, 2.05) is 36.4 Å². The van der Waals surface area contributed by atoms with E-state index in [2.05, 4.69) is 0 Å². The fraction of sp³-hybridized carbons (Fsp3) is 0. The molecule has 0 aliphatic heterocycles. The van der Waals surface area contributed by atoms with Crippen molar-refractivity contribution in [2.75, 3.05) is 0 Å². The van der Waals surface area contributed by atoms with Gasteiger partial charge in [0.05, 0.1) is 6.29 Å². The Bertz CT molecular complexity index is 296. The van der Waals surface area contributed by atoms with Gasteiger partial charge in [0, 0.05) is 0 Å². The Morgan fingerprint density at radius 2 is 1.50 bits per heavy atom. The summed E-state index contributed by atoms with van der Waals surface area (Å²) in [6.45, 7) is 0. The first-order chi connectivity index (χ1) is 6.43. The zero-order valence-electron chi connectivity index (χ0n) is 7.56. The molecule has 2 heteroatoms. The van der Waals surface area contributed by atoms with Crippen molar-refractivity contribution in [3.05, 3.63) is 66.2 Å². The summed E-state index contributed by atoms with van der Waals surface area (Å²) in [4.78, 5) is 9.88. The van der Waals surface area contributed by atoms with Crippen LogP contribution in [0.3, 0.4) is 0 Å². The van der Waals surface area contributed by atoms with Crippen molar-refractivity contribution < 1.29 is 21.9 Å². The van der Waals surface area contributed by atoms with Gasteiger partial charge in [-0.1, -0.05) is 6.07 Å². The molecule has 1 radical (unpaired) electrons. The SMILES string of the molecule is O=[C-]c1ccccc1.[Mn+2].c1cc[cH-]c1. The molecule has 0 unspecified atom stereocenters. The van der Waals surface area contributed by atoms with Crippen LogP contribution in [0.4, 0.5) is 0 Å². The van der Waals surface area contributed by atoms with Crippen molar-refractivity contribution in [3.8, 4) is 0 Å². The maximum absolute atomic E-state index is 9.88. The molecule has 0 aliphatic carbocycles. The first-order valence-electron chi connectivity index (χ1n) is 4.03. The molecular weight excluding hydrogens is 215 g/mol. The van der Waals surface area contributed by atoms with Crippen LogP contribution in [0.15, 0.2) is 60.7 Å². The van der Waals surface area contributed by atoms with Gasteiger partial charge in [0.25, 0.3) is 0 Å². The quantitative estimate of drug-likeness (QED) is 0.538. The van der Waals surface area contributed by atoms with E-state index in [-0.39, 0.29) is 17.1 Å². The average molecular weight is 225 g/mol. The summed E-state index contributed by atoms with van der Waals surface area (Å²) in [6, 6.07) is 18.9. The molecule has 0 bridgehead atoms. The van der Waals surface area contributed by atoms with Crippen LogP contribution in [-0.2, 0) is 21.9 Å². The number of rotatable bonds is 1. The van der Waals surface area contributed by atoms with Gasteiger partial charge in [0.15, 0.2) is 0 Å². The summed E-state index contributed by atoms with van der Waals surface area (Å²) >= 11 is 0. The second-order valence-corrected chi connectivity index (χ2v) is 2.43. The normalized spacial score (nSPS) is 7.71. The summed E-state index contributed by atoms with van der Waals surface area (Å²) in [5.41, 5.74) is 0.604. The van der Waals surface area contributed by atoms with Gasteiger partial charge >= 0.3 is 17.1 Å². The van der Waals surface area contributed by atoms with Gasteiger partial charge in [-0.3, -0.25) is 0 Å². The Morgan fingerprint density at radius 1 is 0.929 bits per heavy atom. The molecule has 0 N–H and O–H groups in total. The molecule has 0 spiro atoms. The summed E-state index contributed by atoms with van der Waals surface area (Å²) in [5, 5.41) is 0. The molecule has 2 aromatic rings. The number of benzene rings is 1. The zero-order chi connectivity index (χ0) is 9.36. The Hall–Kier alpha value is -1.24. The van der Waals surface area contributed by atoms with Crippen LogP contribution in [0.25, 0.3) is 0 Å². The summed E-state index contributed by atoms with van der Waals surface area (Å²) in [7, 11) is 0. The van der Waals surface area contributed by atoms with Gasteiger partial charge in [-0.2, -0.15) is 35.9 Å². The third-order valence-electron chi connectivity index (χ3n) is 1.45. The van der Waals surface area contributed by atoms with Gasteiger partial charge in [-0.15, -0.1) is 12.1 Å². The number of hydrogen-bond donors (Lipinski definition) is 0. The Kier molecular flexibility index (Phi) is 7.62. The fourth-order valence-electron chi connectivity index (χ4n) is 0.827. The van der Waals surface area contributed by atoms with E-state index in [1.54, 1.807) is 30.6 Å². The van der Waals surface area contributed by atoms with E-state index in [4.69, 9.17) is 0 Å². The smallest absolute Gasteiger partial charge is 0.376 e. The number of hydrogen-bond acceptors (Lipinski definition) is 1. The molecule has 2 aromatic carbocycles. The van der Waals surface area contributed by atoms with Crippen molar-refractivity contribution in [2.24, 2.45) is 0 Å². The van der Waals surface area contributed by atoms with Crippen LogP contribution in [0.5, 0.6) is 0 Å². The Morgan fingerprint density at radius 3 is 1.79 bits per heavy atom. The standard InChI is InChI=1S/C7H5O.C5H5.Mn/c8-6-7-4-2-1-3-5-7;1-2-4-5-3-1;/h1-5H;1-5H;/q2*-1;+2. The molecule has 1 nitrogen and oxygen atoms in total. The monoisotopic (exact) mass is 225 g/mol. The van der Waals surface area contributed by atoms with Gasteiger partial charge in [-0.05, 0) is 0 Å². The van der Waals surface area contributed by atoms with Crippen molar-refractivity contribution in [1.29, 1.82) is 0 Å². The topological polar surface area (TPSA) is 17.1 Å². The second kappa shape index (κ2) is 8.36. The third-order valence-corrected chi connectivity index (χ3v) is 1.45. The molecule has 0 aliphatic rings. The second-order valence-electron chi connectivity index (χ2n) is 2.43. The van der Waals surface area contributed by atoms with Crippen LogP contribution < -0.4 is 0 Å². The minimum absolute atomic E-state index is 0. The summed E-state index contributed by atoms with van der Waals surface area (Å²) < 4.78 is 0. The fourth-order valence-corrected chi connectivity index (χ4v) is 0.827. The van der Waals surface area contributed by atoms with Gasteiger partial charge in [0.2, 0.25) is 0 Å². The van der Waals surface area contributed by atoms with Crippen LogP contribution in [0.2, 0.25) is 0 Å². The average Bonchev–Trinajstić information content (AvgIpc) is 2.77. The molecule has 14 heavy (non-hydrogen) atoms. The molecule has 0 amide bonds. The van der Waals surface area contributed by atoms with Gasteiger partial charge in [-0.25, -0.2) is 12.1 Å². The third kappa shape index (κ3) is 5.41. The van der Waals surface area contributed by atoms with E-state index in [1.165, 1.54) is 0 Å². The zero-order valence-corrected chi connectivity index (χ0v) is 8.74. The molecule has 0 aromatic heterocycles. The van der Waals surface area contributed by atoms with E-state index < -0.39 is 0 Å². The summed E-state index contributed by atoms with van der Waals surface area (Å²) in [6.07, 6.45) is 1.78. The van der Waals surface area contributed by atoms with Gasteiger partial charge in [0.1, 0.15) is 0 Å². The van der Waals surface area contributed by atoms with Crippen molar-refractivity contribution in [3.63, 3.8) is 0 Å². The largest absolute Gasteiger partial charge is 2.00 e. The molecule has 71 valence electrons. The molecule has 0 atom stereocenters. The van der Waals surface area contributed by atoms with Crippen molar-refractivity contribution in [2.45, 2.75) is 0 Å². The predicted molar refractivity (Wildman–Crippen MR) is 53.3 cm³/mol. The molecule has 0 saturated carbocycles. The first-order valence-corrected chi connectivity index (χ1v) is 4.03. The van der Waals surface area contributed by atoms with E-state index >= 15 is 0 Å². The summed E-state index contributed by atoms with van der Waals surface area (Å²) in [5.74, 6) is 0. The predicted octanol–water partition coefficient (Wildman–Crippen LogP) is 2.55. The van der Waals surface area contributed by atoms with E-state index in [9.17, 15) is 4.79 Å². The van der Waals surface area contributed by atoms with Gasteiger partial charge < -0.3 is 4.79 Å². The number of carbonyl (C=O) groups excluding carboxylic acids is 1. The van der Waals surface area contributed by atoms with Crippen LogP contribution >= 0.6 is 0 Å². The Balaban J connectivity index is 0.000000246. The van der Waals surface area contributed by atoms with Crippen LogP contribution in [0, 0.1) is 0 Å². The first kappa shape index (κ1) is 12.8. The van der Waals surface area contributed by atoms with Crippen LogP contribution in [-0.4, -0.2) is 6.29 Å².